The summed E-state index contributed by atoms with van der Waals surface area (Å²) in [5.74, 6) is -0.434. The Kier molecular flexibility index (Phi) is 7.44. The van der Waals surface area contributed by atoms with Crippen LogP contribution in [0.4, 0.5) is 10.5 Å². The summed E-state index contributed by atoms with van der Waals surface area (Å²) in [7, 11) is -3.84. The summed E-state index contributed by atoms with van der Waals surface area (Å²) < 4.78 is 37.9. The van der Waals surface area contributed by atoms with Gasteiger partial charge in [0.1, 0.15) is 5.60 Å². The zero-order valence-electron chi connectivity index (χ0n) is 16.1. The molecule has 2 amide bonds. The van der Waals surface area contributed by atoms with Crippen molar-refractivity contribution in [1.29, 1.82) is 0 Å². The van der Waals surface area contributed by atoms with Gasteiger partial charge in [0.2, 0.25) is 10.0 Å². The van der Waals surface area contributed by atoms with E-state index >= 15 is 0 Å². The van der Waals surface area contributed by atoms with E-state index in [2.05, 4.69) is 31.3 Å². The maximum absolute atomic E-state index is 12.4. The lowest BCUT2D eigenvalue weighted by atomic mass is 10.2. The van der Waals surface area contributed by atoms with Crippen molar-refractivity contribution >= 4 is 43.6 Å². The summed E-state index contributed by atoms with van der Waals surface area (Å²) in [4.78, 5) is 23.6. The fourth-order valence-corrected chi connectivity index (χ4v) is 3.50. The molecule has 0 saturated carbocycles. The van der Waals surface area contributed by atoms with E-state index in [4.69, 9.17) is 9.15 Å². The molecule has 0 spiro atoms. The largest absolute Gasteiger partial charge is 0.444 e. The van der Waals surface area contributed by atoms with Crippen LogP contribution < -0.4 is 15.4 Å². The van der Waals surface area contributed by atoms with Crippen LogP contribution in [0.3, 0.4) is 0 Å². The van der Waals surface area contributed by atoms with E-state index in [9.17, 15) is 18.0 Å². The Morgan fingerprint density at radius 2 is 1.86 bits per heavy atom. The SMILES string of the molecule is CC(C)(C)OC(=O)NCCNS(=O)(=O)c1cccc(NC(=O)c2ccc(Br)o2)c1. The van der Waals surface area contributed by atoms with Crippen LogP contribution in [0.1, 0.15) is 31.3 Å². The minimum absolute atomic E-state index is 0.0292. The predicted octanol–water partition coefficient (Wildman–Crippen LogP) is 3.10. The molecule has 11 heteroatoms. The van der Waals surface area contributed by atoms with Gasteiger partial charge in [-0.3, -0.25) is 4.79 Å². The first-order valence-corrected chi connectivity index (χ1v) is 10.9. The van der Waals surface area contributed by atoms with Crippen molar-refractivity contribution in [2.75, 3.05) is 18.4 Å². The third-order valence-electron chi connectivity index (χ3n) is 3.28. The second-order valence-electron chi connectivity index (χ2n) is 6.91. The Labute approximate surface area is 177 Å². The zero-order valence-corrected chi connectivity index (χ0v) is 18.5. The number of hydrogen-bond acceptors (Lipinski definition) is 6. The highest BCUT2D eigenvalue weighted by Gasteiger charge is 2.18. The average Bonchev–Trinajstić information content (AvgIpc) is 3.04. The monoisotopic (exact) mass is 487 g/mol. The number of alkyl carbamates (subject to hydrolysis) is 1. The summed E-state index contributed by atoms with van der Waals surface area (Å²) in [5.41, 5.74) is -0.350. The van der Waals surface area contributed by atoms with Gasteiger partial charge in [0.05, 0.1) is 4.90 Å². The summed E-state index contributed by atoms with van der Waals surface area (Å²) in [6, 6.07) is 8.83. The number of carbonyl (C=O) groups excluding carboxylic acids is 2. The highest BCUT2D eigenvalue weighted by molar-refractivity contribution is 9.10. The summed E-state index contributed by atoms with van der Waals surface area (Å²) in [6.45, 7) is 5.21. The van der Waals surface area contributed by atoms with E-state index in [-0.39, 0.29) is 29.4 Å². The molecule has 29 heavy (non-hydrogen) atoms. The quantitative estimate of drug-likeness (QED) is 0.514. The van der Waals surface area contributed by atoms with E-state index < -0.39 is 27.6 Å². The number of sulfonamides is 1. The molecule has 158 valence electrons. The van der Waals surface area contributed by atoms with Gasteiger partial charge in [-0.2, -0.15) is 0 Å². The second-order valence-corrected chi connectivity index (χ2v) is 9.46. The number of carbonyl (C=O) groups is 2. The number of nitrogens with one attached hydrogen (secondary N) is 3. The van der Waals surface area contributed by atoms with Crippen molar-refractivity contribution in [2.24, 2.45) is 0 Å². The van der Waals surface area contributed by atoms with Crippen LogP contribution in [-0.2, 0) is 14.8 Å². The molecular formula is C18H22BrN3O6S. The van der Waals surface area contributed by atoms with Crippen molar-refractivity contribution in [3.63, 3.8) is 0 Å². The Morgan fingerprint density at radius 1 is 1.14 bits per heavy atom. The van der Waals surface area contributed by atoms with Gasteiger partial charge < -0.3 is 19.8 Å². The first-order chi connectivity index (χ1) is 13.5. The molecule has 0 atom stereocenters. The molecule has 0 aliphatic heterocycles. The number of benzene rings is 1. The molecule has 0 bridgehead atoms. The third-order valence-corrected chi connectivity index (χ3v) is 5.17. The molecule has 0 unspecified atom stereocenters. The predicted molar refractivity (Wildman–Crippen MR) is 110 cm³/mol. The van der Waals surface area contributed by atoms with Crippen molar-refractivity contribution in [1.82, 2.24) is 10.0 Å². The number of furan rings is 1. The van der Waals surface area contributed by atoms with Crippen molar-refractivity contribution < 1.29 is 27.2 Å². The number of halogens is 1. The first kappa shape index (κ1) is 22.9. The first-order valence-electron chi connectivity index (χ1n) is 8.59. The van der Waals surface area contributed by atoms with Gasteiger partial charge in [0.15, 0.2) is 10.4 Å². The zero-order chi connectivity index (χ0) is 21.7. The van der Waals surface area contributed by atoms with Crippen LogP contribution in [-0.4, -0.2) is 39.1 Å². The number of ether oxygens (including phenoxy) is 1. The molecule has 2 rings (SSSR count). The lowest BCUT2D eigenvalue weighted by Gasteiger charge is -2.19. The molecule has 9 nitrogen and oxygen atoms in total. The van der Waals surface area contributed by atoms with Crippen molar-refractivity contribution in [2.45, 2.75) is 31.3 Å². The molecule has 0 radical (unpaired) electrons. The normalized spacial score (nSPS) is 11.7. The van der Waals surface area contributed by atoms with E-state index in [0.717, 1.165) is 0 Å². The van der Waals surface area contributed by atoms with Gasteiger partial charge in [-0.05, 0) is 67.0 Å². The van der Waals surface area contributed by atoms with Crippen LogP contribution in [0, 0.1) is 0 Å². The number of anilines is 1. The highest BCUT2D eigenvalue weighted by Crippen LogP contribution is 2.18. The highest BCUT2D eigenvalue weighted by atomic mass is 79.9. The molecule has 1 aromatic carbocycles. The molecule has 1 heterocycles. The molecule has 2 aromatic rings. The Morgan fingerprint density at radius 3 is 2.48 bits per heavy atom. The van der Waals surface area contributed by atoms with Gasteiger partial charge in [-0.1, -0.05) is 6.07 Å². The summed E-state index contributed by atoms with van der Waals surface area (Å²) >= 11 is 3.11. The second kappa shape index (κ2) is 9.42. The maximum atomic E-state index is 12.4. The maximum Gasteiger partial charge on any atom is 0.407 e. The van der Waals surface area contributed by atoms with E-state index in [0.29, 0.717) is 4.67 Å². The van der Waals surface area contributed by atoms with Gasteiger partial charge in [-0.15, -0.1) is 0 Å². The number of rotatable bonds is 7. The molecule has 1 aromatic heterocycles. The van der Waals surface area contributed by atoms with Crippen LogP contribution in [0.2, 0.25) is 0 Å². The van der Waals surface area contributed by atoms with Crippen LogP contribution in [0.5, 0.6) is 0 Å². The molecular weight excluding hydrogens is 466 g/mol. The molecule has 3 N–H and O–H groups in total. The smallest absolute Gasteiger partial charge is 0.407 e. The Hall–Kier alpha value is -2.37. The van der Waals surface area contributed by atoms with Gasteiger partial charge in [-0.25, -0.2) is 17.9 Å². The molecule has 0 fully saturated rings. The van der Waals surface area contributed by atoms with Crippen LogP contribution in [0.15, 0.2) is 50.4 Å². The van der Waals surface area contributed by atoms with Crippen LogP contribution >= 0.6 is 15.9 Å². The Bertz CT molecular complexity index is 981. The minimum Gasteiger partial charge on any atom is -0.444 e. The topological polar surface area (TPSA) is 127 Å². The summed E-state index contributed by atoms with van der Waals surface area (Å²) in [5, 5.41) is 5.03. The third kappa shape index (κ3) is 7.52. The standard InChI is InChI=1S/C18H22BrN3O6S/c1-18(2,3)28-17(24)20-9-10-21-29(25,26)13-6-4-5-12(11-13)22-16(23)14-7-8-15(19)27-14/h4-8,11,21H,9-10H2,1-3H3,(H,20,24)(H,22,23). The fraction of sp³-hybridized carbons (Fsp3) is 0.333. The minimum atomic E-state index is -3.84. The van der Waals surface area contributed by atoms with Crippen molar-refractivity contribution in [3.8, 4) is 0 Å². The molecule has 0 aliphatic rings. The van der Waals surface area contributed by atoms with Gasteiger partial charge in [0, 0.05) is 18.8 Å². The van der Waals surface area contributed by atoms with Crippen molar-refractivity contribution in [3.05, 3.63) is 46.8 Å². The van der Waals surface area contributed by atoms with E-state index in [1.54, 1.807) is 32.9 Å². The van der Waals surface area contributed by atoms with E-state index in [1.807, 2.05) is 0 Å². The average molecular weight is 488 g/mol. The lowest BCUT2D eigenvalue weighted by Crippen LogP contribution is -2.37. The number of amides is 2. The van der Waals surface area contributed by atoms with Crippen LogP contribution in [0.25, 0.3) is 0 Å². The molecule has 0 aliphatic carbocycles. The van der Waals surface area contributed by atoms with Gasteiger partial charge in [0.25, 0.3) is 5.91 Å². The Balaban J connectivity index is 1.92. The summed E-state index contributed by atoms with van der Waals surface area (Å²) in [6.07, 6.45) is -0.633. The fourth-order valence-electron chi connectivity index (χ4n) is 2.12. The molecule has 0 saturated heterocycles. The number of hydrogen-bond donors (Lipinski definition) is 3. The van der Waals surface area contributed by atoms with E-state index in [1.165, 1.54) is 24.3 Å². The lowest BCUT2D eigenvalue weighted by molar-refractivity contribution is 0.0528. The van der Waals surface area contributed by atoms with Gasteiger partial charge >= 0.3 is 6.09 Å².